The summed E-state index contributed by atoms with van der Waals surface area (Å²) in [6.45, 7) is 0. The zero-order chi connectivity index (χ0) is 21.0. The lowest BCUT2D eigenvalue weighted by molar-refractivity contribution is -0.384. The van der Waals surface area contributed by atoms with Gasteiger partial charge >= 0.3 is 0 Å². The Labute approximate surface area is 161 Å². The van der Waals surface area contributed by atoms with E-state index < -0.39 is 27.3 Å². The second-order valence-electron chi connectivity index (χ2n) is 5.62. The molecule has 1 amide bonds. The van der Waals surface area contributed by atoms with E-state index >= 15 is 0 Å². The summed E-state index contributed by atoms with van der Waals surface area (Å²) in [7, 11) is 0. The Morgan fingerprint density at radius 3 is 2.41 bits per heavy atom. The number of nitrogens with zero attached hydrogens (tertiary/aromatic N) is 3. The van der Waals surface area contributed by atoms with Gasteiger partial charge in [0, 0.05) is 17.7 Å². The molecule has 0 aliphatic rings. The Kier molecular flexibility index (Phi) is 5.39. The molecule has 1 aromatic heterocycles. The predicted octanol–water partition coefficient (Wildman–Crippen LogP) is 3.67. The molecule has 0 fully saturated rings. The summed E-state index contributed by atoms with van der Waals surface area (Å²) in [6, 6.07) is 10.9. The number of rotatable bonds is 6. The fraction of sp³-hybridized carbons (Fsp3) is 0. The summed E-state index contributed by atoms with van der Waals surface area (Å²) < 4.78 is 18.7. The number of furan rings is 1. The highest BCUT2D eigenvalue weighted by Crippen LogP contribution is 2.31. The van der Waals surface area contributed by atoms with Gasteiger partial charge in [0.25, 0.3) is 17.3 Å². The Bertz CT molecular complexity index is 1120. The van der Waals surface area contributed by atoms with Crippen LogP contribution in [0, 0.1) is 26.0 Å². The fourth-order valence-corrected chi connectivity index (χ4v) is 2.38. The molecule has 0 unspecified atom stereocenters. The molecule has 3 rings (SSSR count). The van der Waals surface area contributed by atoms with Crippen LogP contribution in [0.15, 0.2) is 64.1 Å². The van der Waals surface area contributed by atoms with Crippen LogP contribution >= 0.6 is 0 Å². The van der Waals surface area contributed by atoms with Crippen LogP contribution in [0.4, 0.5) is 15.8 Å². The summed E-state index contributed by atoms with van der Waals surface area (Å²) in [5, 5.41) is 25.4. The van der Waals surface area contributed by atoms with E-state index in [2.05, 4.69) is 10.5 Å². The molecule has 11 heteroatoms. The van der Waals surface area contributed by atoms with E-state index in [1.165, 1.54) is 48.7 Å². The molecule has 1 N–H and O–H groups in total. The van der Waals surface area contributed by atoms with Crippen LogP contribution in [0.2, 0.25) is 0 Å². The van der Waals surface area contributed by atoms with Crippen LogP contribution in [0.5, 0.6) is 0 Å². The number of carbonyl (C=O) groups excluding carboxylic acids is 1. The smallest absolute Gasteiger partial charge is 0.283 e. The number of amides is 1. The molecule has 10 nitrogen and oxygen atoms in total. The van der Waals surface area contributed by atoms with Crippen molar-refractivity contribution in [1.82, 2.24) is 5.43 Å². The maximum atomic E-state index is 13.2. The summed E-state index contributed by atoms with van der Waals surface area (Å²) in [5.74, 6) is -1.04. The maximum Gasteiger partial charge on any atom is 0.283 e. The van der Waals surface area contributed by atoms with E-state index in [4.69, 9.17) is 4.42 Å². The van der Waals surface area contributed by atoms with Crippen LogP contribution in [0.3, 0.4) is 0 Å². The van der Waals surface area contributed by atoms with Crippen molar-refractivity contribution < 1.29 is 23.4 Å². The zero-order valence-corrected chi connectivity index (χ0v) is 14.4. The minimum Gasteiger partial charge on any atom is -0.455 e. The van der Waals surface area contributed by atoms with Crippen LogP contribution < -0.4 is 5.43 Å². The van der Waals surface area contributed by atoms with Crippen LogP contribution in [-0.4, -0.2) is 22.0 Å². The SMILES string of the molecule is O=C(NN=Cc1ccc(-c2ccc(F)cc2[N+](=O)[O-])o1)c1ccc([N+](=O)[O-])cc1. The molecule has 146 valence electrons. The molecule has 3 aromatic rings. The number of hydrogen-bond acceptors (Lipinski definition) is 7. The van der Waals surface area contributed by atoms with E-state index in [1.807, 2.05) is 0 Å². The minimum atomic E-state index is -0.747. The normalized spacial score (nSPS) is 10.8. The average Bonchev–Trinajstić information content (AvgIpc) is 3.16. The minimum absolute atomic E-state index is 0.0889. The third-order valence-corrected chi connectivity index (χ3v) is 3.75. The number of hydrogen-bond donors (Lipinski definition) is 1. The van der Waals surface area contributed by atoms with Crippen molar-refractivity contribution in [2.75, 3.05) is 0 Å². The second-order valence-corrected chi connectivity index (χ2v) is 5.62. The first-order valence-corrected chi connectivity index (χ1v) is 7.97. The molecule has 0 bridgehead atoms. The standard InChI is InChI=1S/C18H11FN4O6/c19-12-3-7-15(16(9-12)23(27)28)17-8-6-14(29-17)10-20-21-18(24)11-1-4-13(5-2-11)22(25)26/h1-10H,(H,21,24). The summed E-state index contributed by atoms with van der Waals surface area (Å²) in [6.07, 6.45) is 1.17. The van der Waals surface area contributed by atoms with Crippen molar-refractivity contribution >= 4 is 23.5 Å². The number of halogens is 1. The van der Waals surface area contributed by atoms with E-state index in [9.17, 15) is 29.4 Å². The molecule has 0 atom stereocenters. The highest BCUT2D eigenvalue weighted by molar-refractivity contribution is 5.95. The second kappa shape index (κ2) is 8.08. The van der Waals surface area contributed by atoms with Crippen LogP contribution in [0.25, 0.3) is 11.3 Å². The van der Waals surface area contributed by atoms with Crippen molar-refractivity contribution in [2.45, 2.75) is 0 Å². The molecule has 0 saturated carbocycles. The van der Waals surface area contributed by atoms with Gasteiger partial charge < -0.3 is 4.42 Å². The topological polar surface area (TPSA) is 141 Å². The first-order valence-electron chi connectivity index (χ1n) is 7.97. The van der Waals surface area contributed by atoms with Crippen molar-refractivity contribution in [3.63, 3.8) is 0 Å². The molecular formula is C18H11FN4O6. The van der Waals surface area contributed by atoms with E-state index in [1.54, 1.807) is 0 Å². The van der Waals surface area contributed by atoms with E-state index in [0.717, 1.165) is 12.1 Å². The van der Waals surface area contributed by atoms with Gasteiger partial charge in [-0.15, -0.1) is 0 Å². The van der Waals surface area contributed by atoms with E-state index in [-0.39, 0.29) is 28.3 Å². The quantitative estimate of drug-likeness (QED) is 0.381. The Balaban J connectivity index is 1.70. The highest BCUT2D eigenvalue weighted by atomic mass is 19.1. The molecule has 0 aliphatic heterocycles. The largest absolute Gasteiger partial charge is 0.455 e. The number of non-ortho nitro benzene ring substituents is 1. The first-order chi connectivity index (χ1) is 13.8. The lowest BCUT2D eigenvalue weighted by Gasteiger charge is -2.00. The number of nitrogens with one attached hydrogen (secondary N) is 1. The average molecular weight is 398 g/mol. The lowest BCUT2D eigenvalue weighted by Crippen LogP contribution is -2.17. The van der Waals surface area contributed by atoms with Gasteiger partial charge in [-0.2, -0.15) is 5.10 Å². The summed E-state index contributed by atoms with van der Waals surface area (Å²) in [4.78, 5) is 32.3. The van der Waals surface area contributed by atoms with Crippen molar-refractivity contribution in [3.8, 4) is 11.3 Å². The fourth-order valence-electron chi connectivity index (χ4n) is 2.38. The first kappa shape index (κ1) is 19.4. The summed E-state index contributed by atoms with van der Waals surface area (Å²) >= 11 is 0. The third kappa shape index (κ3) is 4.47. The summed E-state index contributed by atoms with van der Waals surface area (Å²) in [5.41, 5.74) is 1.88. The maximum absolute atomic E-state index is 13.2. The highest BCUT2D eigenvalue weighted by Gasteiger charge is 2.19. The van der Waals surface area contributed by atoms with Crippen molar-refractivity contribution in [2.24, 2.45) is 5.10 Å². The van der Waals surface area contributed by atoms with Crippen LogP contribution in [-0.2, 0) is 0 Å². The van der Waals surface area contributed by atoms with Gasteiger partial charge in [-0.05, 0) is 36.4 Å². The molecule has 29 heavy (non-hydrogen) atoms. The predicted molar refractivity (Wildman–Crippen MR) is 98.9 cm³/mol. The zero-order valence-electron chi connectivity index (χ0n) is 14.4. The Morgan fingerprint density at radius 2 is 1.76 bits per heavy atom. The molecule has 2 aromatic carbocycles. The molecular weight excluding hydrogens is 387 g/mol. The van der Waals surface area contributed by atoms with Crippen molar-refractivity contribution in [1.29, 1.82) is 0 Å². The van der Waals surface area contributed by atoms with Gasteiger partial charge in [-0.3, -0.25) is 25.0 Å². The lowest BCUT2D eigenvalue weighted by atomic mass is 10.1. The molecule has 0 radical (unpaired) electrons. The monoisotopic (exact) mass is 398 g/mol. The molecule has 0 saturated heterocycles. The van der Waals surface area contributed by atoms with Crippen LogP contribution in [0.1, 0.15) is 16.1 Å². The Hall–Kier alpha value is -4.41. The van der Waals surface area contributed by atoms with Gasteiger partial charge in [0.2, 0.25) is 0 Å². The molecule has 1 heterocycles. The molecule has 0 spiro atoms. The third-order valence-electron chi connectivity index (χ3n) is 3.75. The van der Waals surface area contributed by atoms with Gasteiger partial charge in [-0.25, -0.2) is 9.82 Å². The van der Waals surface area contributed by atoms with Gasteiger partial charge in [0.15, 0.2) is 0 Å². The van der Waals surface area contributed by atoms with Crippen molar-refractivity contribution in [3.05, 3.63) is 92.0 Å². The van der Waals surface area contributed by atoms with Gasteiger partial charge in [0.1, 0.15) is 17.3 Å². The number of carbonyl (C=O) groups is 1. The van der Waals surface area contributed by atoms with Gasteiger partial charge in [-0.1, -0.05) is 0 Å². The van der Waals surface area contributed by atoms with E-state index in [0.29, 0.717) is 0 Å². The Morgan fingerprint density at radius 1 is 1.03 bits per heavy atom. The number of nitro groups is 2. The molecule has 0 aliphatic carbocycles. The van der Waals surface area contributed by atoms with Gasteiger partial charge in [0.05, 0.1) is 27.7 Å². The number of hydrazone groups is 1. The number of nitro benzene ring substituents is 2. The number of benzene rings is 2.